The number of aromatic amines is 1. The summed E-state index contributed by atoms with van der Waals surface area (Å²) < 4.78 is 5.56. The number of nitrogens with one attached hydrogen (secondary N) is 1. The summed E-state index contributed by atoms with van der Waals surface area (Å²) in [4.78, 5) is 20.9. The fourth-order valence-electron chi connectivity index (χ4n) is 4.28. The van der Waals surface area contributed by atoms with Crippen molar-refractivity contribution in [1.82, 2.24) is 9.88 Å². The number of nitrogens with zero attached hydrogens (tertiary/aromatic N) is 2. The first-order valence-corrected chi connectivity index (χ1v) is 9.69. The number of amides is 1. The molecule has 1 fully saturated rings. The van der Waals surface area contributed by atoms with Crippen LogP contribution in [0.2, 0.25) is 0 Å². The zero-order valence-corrected chi connectivity index (χ0v) is 17.0. The van der Waals surface area contributed by atoms with Crippen LogP contribution in [0.25, 0.3) is 10.9 Å². The average Bonchev–Trinajstić information content (AvgIpc) is 3.03. The molecule has 5 heteroatoms. The number of piperazine rings is 1. The fraction of sp³-hybridized carbons (Fsp3) is 0.348. The van der Waals surface area contributed by atoms with Gasteiger partial charge in [0.25, 0.3) is 5.91 Å². The lowest BCUT2D eigenvalue weighted by Crippen LogP contribution is -2.60. The number of aryl methyl sites for hydroxylation is 1. The third-order valence-corrected chi connectivity index (χ3v) is 5.74. The van der Waals surface area contributed by atoms with Crippen molar-refractivity contribution in [1.29, 1.82) is 0 Å². The van der Waals surface area contributed by atoms with Crippen molar-refractivity contribution in [3.8, 4) is 5.75 Å². The second kappa shape index (κ2) is 6.89. The Morgan fingerprint density at radius 3 is 2.50 bits per heavy atom. The van der Waals surface area contributed by atoms with Gasteiger partial charge in [-0.2, -0.15) is 0 Å². The number of fused-ring (bicyclic) bond motifs is 1. The third-order valence-electron chi connectivity index (χ3n) is 5.74. The van der Waals surface area contributed by atoms with Crippen molar-refractivity contribution in [3.63, 3.8) is 0 Å². The van der Waals surface area contributed by atoms with Crippen LogP contribution in [0.4, 0.5) is 5.69 Å². The highest BCUT2D eigenvalue weighted by Crippen LogP contribution is 2.35. The fourth-order valence-corrected chi connectivity index (χ4v) is 4.28. The van der Waals surface area contributed by atoms with Crippen molar-refractivity contribution >= 4 is 22.5 Å². The molecule has 0 radical (unpaired) electrons. The third kappa shape index (κ3) is 3.01. The monoisotopic (exact) mass is 377 g/mol. The zero-order valence-electron chi connectivity index (χ0n) is 17.0. The maximum atomic E-state index is 13.3. The van der Waals surface area contributed by atoms with Crippen molar-refractivity contribution in [2.45, 2.75) is 26.3 Å². The van der Waals surface area contributed by atoms with Gasteiger partial charge in [-0.15, -0.1) is 0 Å². The summed E-state index contributed by atoms with van der Waals surface area (Å²) in [6, 6.07) is 16.1. The Morgan fingerprint density at radius 1 is 1.07 bits per heavy atom. The molecule has 4 rings (SSSR count). The number of benzene rings is 2. The van der Waals surface area contributed by atoms with E-state index in [0.717, 1.165) is 34.4 Å². The van der Waals surface area contributed by atoms with Gasteiger partial charge in [-0.05, 0) is 44.5 Å². The maximum absolute atomic E-state index is 13.3. The predicted molar refractivity (Wildman–Crippen MR) is 113 cm³/mol. The highest BCUT2D eigenvalue weighted by atomic mass is 16.5. The lowest BCUT2D eigenvalue weighted by Gasteiger charge is -2.48. The lowest BCUT2D eigenvalue weighted by atomic mass is 9.97. The minimum absolute atomic E-state index is 0.0708. The molecule has 1 aromatic heterocycles. The summed E-state index contributed by atoms with van der Waals surface area (Å²) in [5.41, 5.74) is 3.59. The molecule has 146 valence electrons. The highest BCUT2D eigenvalue weighted by Gasteiger charge is 2.37. The minimum Gasteiger partial charge on any atom is -0.495 e. The number of anilines is 1. The standard InChI is InChI=1S/C23H27N3O2/c1-16-17-9-5-6-10-18(17)24-21(16)22(27)25-13-14-26(23(2,3)15-25)19-11-7-8-12-20(19)28-4/h5-12,24H,13-15H2,1-4H3. The SMILES string of the molecule is COc1ccccc1N1CCN(C(=O)c2[nH]c3ccccc3c2C)CC1(C)C. The van der Waals surface area contributed by atoms with Gasteiger partial charge < -0.3 is 19.5 Å². The Balaban J connectivity index is 1.60. The van der Waals surface area contributed by atoms with E-state index in [4.69, 9.17) is 4.74 Å². The Bertz CT molecular complexity index is 1020. The van der Waals surface area contributed by atoms with E-state index in [0.29, 0.717) is 18.8 Å². The van der Waals surface area contributed by atoms with Gasteiger partial charge >= 0.3 is 0 Å². The molecule has 1 aliphatic rings. The summed E-state index contributed by atoms with van der Waals surface area (Å²) in [5, 5.41) is 1.11. The molecule has 1 saturated heterocycles. The van der Waals surface area contributed by atoms with Crippen LogP contribution in [-0.4, -0.2) is 48.1 Å². The van der Waals surface area contributed by atoms with Crippen LogP contribution in [0.5, 0.6) is 5.75 Å². The van der Waals surface area contributed by atoms with Crippen LogP contribution < -0.4 is 9.64 Å². The van der Waals surface area contributed by atoms with E-state index < -0.39 is 0 Å². The van der Waals surface area contributed by atoms with Crippen LogP contribution in [0.15, 0.2) is 48.5 Å². The van der Waals surface area contributed by atoms with E-state index >= 15 is 0 Å². The molecule has 1 amide bonds. The number of carbonyl (C=O) groups is 1. The molecule has 5 nitrogen and oxygen atoms in total. The first-order chi connectivity index (χ1) is 13.4. The molecule has 1 aliphatic heterocycles. The molecular formula is C23H27N3O2. The molecule has 0 unspecified atom stereocenters. The van der Waals surface area contributed by atoms with E-state index in [1.165, 1.54) is 0 Å². The van der Waals surface area contributed by atoms with Gasteiger partial charge in [0, 0.05) is 30.5 Å². The maximum Gasteiger partial charge on any atom is 0.270 e. The van der Waals surface area contributed by atoms with Crippen LogP contribution in [-0.2, 0) is 0 Å². The second-order valence-corrected chi connectivity index (χ2v) is 8.03. The molecule has 2 heterocycles. The van der Waals surface area contributed by atoms with Gasteiger partial charge in [0.15, 0.2) is 0 Å². The number of hydrogen-bond acceptors (Lipinski definition) is 3. The molecule has 0 saturated carbocycles. The molecule has 2 aromatic carbocycles. The molecule has 0 atom stereocenters. The van der Waals surface area contributed by atoms with E-state index in [9.17, 15) is 4.79 Å². The van der Waals surface area contributed by atoms with Crippen molar-refractivity contribution < 1.29 is 9.53 Å². The van der Waals surface area contributed by atoms with E-state index in [-0.39, 0.29) is 11.4 Å². The van der Waals surface area contributed by atoms with Gasteiger partial charge in [-0.3, -0.25) is 4.79 Å². The van der Waals surface area contributed by atoms with Crippen LogP contribution in [0.3, 0.4) is 0 Å². The number of methoxy groups -OCH3 is 1. The molecule has 0 spiro atoms. The van der Waals surface area contributed by atoms with Crippen molar-refractivity contribution in [2.24, 2.45) is 0 Å². The van der Waals surface area contributed by atoms with Gasteiger partial charge in [-0.1, -0.05) is 30.3 Å². The Labute approximate surface area is 165 Å². The number of carbonyl (C=O) groups excluding carboxylic acids is 1. The smallest absolute Gasteiger partial charge is 0.270 e. The van der Waals surface area contributed by atoms with Crippen LogP contribution >= 0.6 is 0 Å². The highest BCUT2D eigenvalue weighted by molar-refractivity contribution is 6.01. The Kier molecular flexibility index (Phi) is 4.53. The number of aromatic nitrogens is 1. The Hall–Kier alpha value is -2.95. The largest absolute Gasteiger partial charge is 0.495 e. The molecule has 1 N–H and O–H groups in total. The second-order valence-electron chi connectivity index (χ2n) is 8.03. The number of rotatable bonds is 3. The number of hydrogen-bond donors (Lipinski definition) is 1. The summed E-state index contributed by atoms with van der Waals surface area (Å²) in [6.07, 6.45) is 0. The summed E-state index contributed by atoms with van der Waals surface area (Å²) >= 11 is 0. The first kappa shape index (κ1) is 18.4. The van der Waals surface area contributed by atoms with Gasteiger partial charge in [0.05, 0.1) is 18.3 Å². The number of para-hydroxylation sites is 3. The van der Waals surface area contributed by atoms with Crippen LogP contribution in [0.1, 0.15) is 29.9 Å². The number of H-pyrrole nitrogens is 1. The first-order valence-electron chi connectivity index (χ1n) is 9.69. The molecule has 28 heavy (non-hydrogen) atoms. The topological polar surface area (TPSA) is 48.6 Å². The van der Waals surface area contributed by atoms with E-state index in [1.807, 2.05) is 48.2 Å². The van der Waals surface area contributed by atoms with Gasteiger partial charge in [-0.25, -0.2) is 0 Å². The molecular weight excluding hydrogens is 350 g/mol. The van der Waals surface area contributed by atoms with Crippen molar-refractivity contribution in [3.05, 3.63) is 59.8 Å². The summed E-state index contributed by atoms with van der Waals surface area (Å²) in [7, 11) is 1.70. The van der Waals surface area contributed by atoms with Gasteiger partial charge in [0.1, 0.15) is 11.4 Å². The van der Waals surface area contributed by atoms with Crippen molar-refractivity contribution in [2.75, 3.05) is 31.6 Å². The summed E-state index contributed by atoms with van der Waals surface area (Å²) in [5.74, 6) is 0.934. The summed E-state index contributed by atoms with van der Waals surface area (Å²) in [6.45, 7) is 8.46. The molecule has 3 aromatic rings. The normalized spacial score (nSPS) is 16.4. The Morgan fingerprint density at radius 2 is 1.79 bits per heavy atom. The predicted octanol–water partition coefficient (Wildman–Crippen LogP) is 4.23. The quantitative estimate of drug-likeness (QED) is 0.743. The van der Waals surface area contributed by atoms with Gasteiger partial charge in [0.2, 0.25) is 0 Å². The minimum atomic E-state index is -0.206. The van der Waals surface area contributed by atoms with E-state index in [2.05, 4.69) is 35.9 Å². The zero-order chi connectivity index (χ0) is 19.9. The average molecular weight is 377 g/mol. The molecule has 0 aliphatic carbocycles. The van der Waals surface area contributed by atoms with Crippen LogP contribution in [0, 0.1) is 6.92 Å². The van der Waals surface area contributed by atoms with E-state index in [1.54, 1.807) is 7.11 Å². The number of ether oxygens (including phenoxy) is 1. The molecule has 0 bridgehead atoms. The lowest BCUT2D eigenvalue weighted by molar-refractivity contribution is 0.0680.